The van der Waals surface area contributed by atoms with Gasteiger partial charge in [-0.25, -0.2) is 9.37 Å². The van der Waals surface area contributed by atoms with E-state index >= 15 is 0 Å². The summed E-state index contributed by atoms with van der Waals surface area (Å²) in [6.45, 7) is 0. The van der Waals surface area contributed by atoms with E-state index < -0.39 is 0 Å². The average molecular weight is 310 g/mol. The van der Waals surface area contributed by atoms with Crippen LogP contribution in [-0.4, -0.2) is 22.1 Å². The second-order valence-electron chi connectivity index (χ2n) is 4.81. The Hall–Kier alpha value is -3.02. The van der Waals surface area contributed by atoms with Crippen molar-refractivity contribution in [1.29, 1.82) is 0 Å². The Kier molecular flexibility index (Phi) is 4.42. The lowest BCUT2D eigenvalue weighted by Gasteiger charge is -2.19. The molecule has 23 heavy (non-hydrogen) atoms. The summed E-state index contributed by atoms with van der Waals surface area (Å²) in [4.78, 5) is 12.8. The number of aromatic nitrogens is 3. The Bertz CT molecular complexity index is 782. The molecule has 2 heterocycles. The molecule has 0 saturated carbocycles. The lowest BCUT2D eigenvalue weighted by molar-refractivity contribution is 0.397. The zero-order valence-electron chi connectivity index (χ0n) is 12.5. The summed E-state index contributed by atoms with van der Waals surface area (Å²) in [6.07, 6.45) is 3.28. The first-order chi connectivity index (χ1) is 11.3. The lowest BCUT2D eigenvalue weighted by Crippen LogP contribution is -2.16. The molecule has 5 nitrogen and oxygen atoms in total. The zero-order chi connectivity index (χ0) is 16.1. The number of rotatable bonds is 5. The van der Waals surface area contributed by atoms with Gasteiger partial charge in [-0.1, -0.05) is 18.2 Å². The molecular weight excluding hydrogens is 295 g/mol. The smallest absolute Gasteiger partial charge is 0.226 e. The van der Waals surface area contributed by atoms with Gasteiger partial charge in [0.15, 0.2) is 0 Å². The quantitative estimate of drug-likeness (QED) is 0.784. The summed E-state index contributed by atoms with van der Waals surface area (Å²) >= 11 is 0. The Morgan fingerprint density at radius 1 is 1.04 bits per heavy atom. The fourth-order valence-corrected chi connectivity index (χ4v) is 2.22. The van der Waals surface area contributed by atoms with Crippen LogP contribution < -0.4 is 10.1 Å². The molecule has 0 fully saturated rings. The third-order valence-electron chi connectivity index (χ3n) is 3.28. The molecule has 0 aliphatic carbocycles. The highest BCUT2D eigenvalue weighted by molar-refractivity contribution is 5.39. The molecular formula is C17H15FN4O. The molecule has 6 heteroatoms. The largest absolute Gasteiger partial charge is 0.481 e. The summed E-state index contributed by atoms with van der Waals surface area (Å²) < 4.78 is 18.7. The second kappa shape index (κ2) is 6.83. The van der Waals surface area contributed by atoms with Crippen molar-refractivity contribution in [2.24, 2.45) is 0 Å². The number of methoxy groups -OCH3 is 1. The number of pyridine rings is 1. The highest BCUT2D eigenvalue weighted by Crippen LogP contribution is 2.25. The molecule has 1 N–H and O–H groups in total. The van der Waals surface area contributed by atoms with Gasteiger partial charge in [-0.15, -0.1) is 0 Å². The fraction of sp³-hybridized carbons (Fsp3) is 0.118. The zero-order valence-corrected chi connectivity index (χ0v) is 12.5. The van der Waals surface area contributed by atoms with Crippen LogP contribution >= 0.6 is 0 Å². The maximum absolute atomic E-state index is 13.6. The molecule has 0 aliphatic heterocycles. The van der Waals surface area contributed by atoms with Crippen LogP contribution in [-0.2, 0) is 0 Å². The molecule has 3 rings (SSSR count). The minimum Gasteiger partial charge on any atom is -0.481 e. The summed E-state index contributed by atoms with van der Waals surface area (Å²) in [5.41, 5.74) is 1.47. The van der Waals surface area contributed by atoms with Gasteiger partial charge in [-0.05, 0) is 29.8 Å². The molecule has 2 aromatic heterocycles. The van der Waals surface area contributed by atoms with Crippen molar-refractivity contribution in [3.8, 4) is 5.88 Å². The van der Waals surface area contributed by atoms with E-state index in [1.807, 2.05) is 24.3 Å². The number of ether oxygens (including phenoxy) is 1. The van der Waals surface area contributed by atoms with Gasteiger partial charge in [0.1, 0.15) is 5.82 Å². The number of hydrogen-bond donors (Lipinski definition) is 1. The maximum Gasteiger partial charge on any atom is 0.226 e. The lowest BCUT2D eigenvalue weighted by atomic mass is 10.0. The topological polar surface area (TPSA) is 59.9 Å². The first kappa shape index (κ1) is 14.9. The number of halogens is 1. The van der Waals surface area contributed by atoms with Crippen LogP contribution in [0.1, 0.15) is 17.3 Å². The van der Waals surface area contributed by atoms with E-state index in [-0.39, 0.29) is 11.9 Å². The molecule has 3 aromatic rings. The van der Waals surface area contributed by atoms with Gasteiger partial charge in [0.05, 0.1) is 18.8 Å². The molecule has 116 valence electrons. The Morgan fingerprint density at radius 2 is 1.96 bits per heavy atom. The summed E-state index contributed by atoms with van der Waals surface area (Å²) in [7, 11) is 1.54. The van der Waals surface area contributed by atoms with Crippen molar-refractivity contribution in [1.82, 2.24) is 15.0 Å². The summed E-state index contributed by atoms with van der Waals surface area (Å²) in [6, 6.07) is 13.2. The van der Waals surface area contributed by atoms with Gasteiger partial charge >= 0.3 is 0 Å². The van der Waals surface area contributed by atoms with E-state index in [1.165, 1.54) is 19.2 Å². The molecule has 1 atom stereocenters. The van der Waals surface area contributed by atoms with E-state index in [0.717, 1.165) is 11.3 Å². The predicted molar refractivity (Wildman–Crippen MR) is 84.7 cm³/mol. The molecule has 0 amide bonds. The van der Waals surface area contributed by atoms with Gasteiger partial charge in [0.2, 0.25) is 11.8 Å². The first-order valence-electron chi connectivity index (χ1n) is 7.06. The summed E-state index contributed by atoms with van der Waals surface area (Å²) in [5, 5.41) is 3.18. The minimum absolute atomic E-state index is 0.309. The van der Waals surface area contributed by atoms with Crippen LogP contribution in [0, 0.1) is 5.82 Å². The molecule has 0 spiro atoms. The number of anilines is 1. The Balaban J connectivity index is 1.98. The fourth-order valence-electron chi connectivity index (χ4n) is 2.22. The van der Waals surface area contributed by atoms with Crippen molar-refractivity contribution in [3.05, 3.63) is 78.0 Å². The number of benzene rings is 1. The van der Waals surface area contributed by atoms with Crippen LogP contribution in [0.2, 0.25) is 0 Å². The van der Waals surface area contributed by atoms with E-state index in [0.29, 0.717) is 11.8 Å². The molecule has 1 unspecified atom stereocenters. The Morgan fingerprint density at radius 3 is 2.70 bits per heavy atom. The SMILES string of the molecule is COc1ccnc(NC(c2cccc(F)c2)c2ccccn2)n1. The normalized spacial score (nSPS) is 11.7. The number of hydrogen-bond acceptors (Lipinski definition) is 5. The van der Waals surface area contributed by atoms with Gasteiger partial charge in [-0.3, -0.25) is 4.98 Å². The molecule has 0 radical (unpaired) electrons. The molecule has 0 saturated heterocycles. The number of nitrogens with zero attached hydrogens (tertiary/aromatic N) is 3. The van der Waals surface area contributed by atoms with Crippen LogP contribution in [0.5, 0.6) is 5.88 Å². The molecule has 1 aromatic carbocycles. The predicted octanol–water partition coefficient (Wildman–Crippen LogP) is 3.22. The van der Waals surface area contributed by atoms with E-state index in [9.17, 15) is 4.39 Å². The average Bonchev–Trinajstić information content (AvgIpc) is 2.60. The third kappa shape index (κ3) is 3.60. The van der Waals surface area contributed by atoms with Gasteiger partial charge in [-0.2, -0.15) is 4.98 Å². The van der Waals surface area contributed by atoms with Gasteiger partial charge in [0, 0.05) is 18.5 Å². The number of nitrogens with one attached hydrogen (secondary N) is 1. The molecule has 0 aliphatic rings. The van der Waals surface area contributed by atoms with Crippen molar-refractivity contribution >= 4 is 5.95 Å². The molecule has 0 bridgehead atoms. The van der Waals surface area contributed by atoms with Crippen molar-refractivity contribution in [2.45, 2.75) is 6.04 Å². The monoisotopic (exact) mass is 310 g/mol. The van der Waals surface area contributed by atoms with E-state index in [2.05, 4.69) is 20.3 Å². The third-order valence-corrected chi connectivity index (χ3v) is 3.28. The van der Waals surface area contributed by atoms with Crippen molar-refractivity contribution < 1.29 is 9.13 Å². The van der Waals surface area contributed by atoms with E-state index in [4.69, 9.17) is 4.74 Å². The maximum atomic E-state index is 13.6. The van der Waals surface area contributed by atoms with Crippen LogP contribution in [0.15, 0.2) is 60.9 Å². The van der Waals surface area contributed by atoms with Crippen molar-refractivity contribution in [2.75, 3.05) is 12.4 Å². The van der Waals surface area contributed by atoms with Crippen LogP contribution in [0.25, 0.3) is 0 Å². The summed E-state index contributed by atoms with van der Waals surface area (Å²) in [5.74, 6) is 0.516. The van der Waals surface area contributed by atoms with Crippen LogP contribution in [0.4, 0.5) is 10.3 Å². The second-order valence-corrected chi connectivity index (χ2v) is 4.81. The first-order valence-corrected chi connectivity index (χ1v) is 7.06. The highest BCUT2D eigenvalue weighted by Gasteiger charge is 2.17. The van der Waals surface area contributed by atoms with E-state index in [1.54, 1.807) is 24.5 Å². The van der Waals surface area contributed by atoms with Gasteiger partial charge in [0.25, 0.3) is 0 Å². The highest BCUT2D eigenvalue weighted by atomic mass is 19.1. The standard InChI is InChI=1S/C17H15FN4O/c1-23-15-8-10-20-17(21-15)22-16(14-7-2-3-9-19-14)12-5-4-6-13(18)11-12/h2-11,16H,1H3,(H,20,21,22). The minimum atomic E-state index is -0.376. The van der Waals surface area contributed by atoms with Gasteiger partial charge < -0.3 is 10.1 Å². The van der Waals surface area contributed by atoms with Crippen molar-refractivity contribution in [3.63, 3.8) is 0 Å². The Labute approximate surface area is 133 Å². The van der Waals surface area contributed by atoms with Crippen LogP contribution in [0.3, 0.4) is 0 Å².